The SMILES string of the molecule is CS(=O)c1cc(OCC(O)CCl)ccc1O. The van der Waals surface area contributed by atoms with Crippen LogP contribution in [0.15, 0.2) is 23.1 Å². The fourth-order valence-electron chi connectivity index (χ4n) is 1.05. The standard InChI is InChI=1S/C10H13ClO4S/c1-16(14)10-4-8(2-3-9(10)13)15-6-7(12)5-11/h2-4,7,12-13H,5-6H2,1H3. The Kier molecular flexibility index (Phi) is 5.05. The Hall–Kier alpha value is -0.780. The largest absolute Gasteiger partial charge is 0.507 e. The van der Waals surface area contributed by atoms with Crippen LogP contribution in [0.2, 0.25) is 0 Å². The molecule has 1 rings (SSSR count). The summed E-state index contributed by atoms with van der Waals surface area (Å²) in [6, 6.07) is 4.41. The Morgan fingerprint density at radius 1 is 1.56 bits per heavy atom. The molecule has 2 N–H and O–H groups in total. The average Bonchev–Trinajstić information content (AvgIpc) is 2.27. The fraction of sp³-hybridized carbons (Fsp3) is 0.400. The normalized spacial score (nSPS) is 14.4. The minimum Gasteiger partial charge on any atom is -0.507 e. The number of hydrogen-bond acceptors (Lipinski definition) is 4. The van der Waals surface area contributed by atoms with Crippen LogP contribution in [0.5, 0.6) is 11.5 Å². The van der Waals surface area contributed by atoms with E-state index in [1.807, 2.05) is 0 Å². The van der Waals surface area contributed by atoms with Crippen molar-refractivity contribution < 1.29 is 19.2 Å². The van der Waals surface area contributed by atoms with E-state index in [0.717, 1.165) is 0 Å². The van der Waals surface area contributed by atoms with Crippen LogP contribution in [-0.2, 0) is 10.8 Å². The summed E-state index contributed by atoms with van der Waals surface area (Å²) in [7, 11) is -1.29. The van der Waals surface area contributed by atoms with Crippen molar-refractivity contribution in [2.75, 3.05) is 18.7 Å². The van der Waals surface area contributed by atoms with E-state index in [1.165, 1.54) is 24.5 Å². The van der Waals surface area contributed by atoms with Crippen molar-refractivity contribution in [1.82, 2.24) is 0 Å². The molecule has 6 heteroatoms. The third-order valence-electron chi connectivity index (χ3n) is 1.86. The number of aromatic hydroxyl groups is 1. The second-order valence-corrected chi connectivity index (χ2v) is 4.86. The lowest BCUT2D eigenvalue weighted by Gasteiger charge is -2.10. The number of aliphatic hydroxyl groups excluding tert-OH is 1. The van der Waals surface area contributed by atoms with Gasteiger partial charge in [-0.15, -0.1) is 11.6 Å². The predicted molar refractivity (Wildman–Crippen MR) is 62.7 cm³/mol. The van der Waals surface area contributed by atoms with Gasteiger partial charge in [0.15, 0.2) is 0 Å². The van der Waals surface area contributed by atoms with Crippen molar-refractivity contribution in [1.29, 1.82) is 0 Å². The van der Waals surface area contributed by atoms with Gasteiger partial charge < -0.3 is 14.9 Å². The maximum atomic E-state index is 11.2. The Balaban J connectivity index is 2.75. The minimum absolute atomic E-state index is 0.0360. The van der Waals surface area contributed by atoms with Crippen molar-refractivity contribution in [3.8, 4) is 11.5 Å². The van der Waals surface area contributed by atoms with Gasteiger partial charge in [0.1, 0.15) is 24.2 Å². The average molecular weight is 265 g/mol. The third-order valence-corrected chi connectivity index (χ3v) is 3.16. The molecule has 0 amide bonds. The van der Waals surface area contributed by atoms with Gasteiger partial charge in [0.25, 0.3) is 0 Å². The lowest BCUT2D eigenvalue weighted by atomic mass is 10.3. The molecule has 90 valence electrons. The zero-order valence-electron chi connectivity index (χ0n) is 8.72. The molecule has 0 spiro atoms. The highest BCUT2D eigenvalue weighted by Gasteiger charge is 2.08. The first-order chi connectivity index (χ1) is 7.54. The van der Waals surface area contributed by atoms with Gasteiger partial charge in [0.2, 0.25) is 0 Å². The van der Waals surface area contributed by atoms with Crippen molar-refractivity contribution in [2.24, 2.45) is 0 Å². The Morgan fingerprint density at radius 2 is 2.25 bits per heavy atom. The van der Waals surface area contributed by atoms with E-state index in [0.29, 0.717) is 10.6 Å². The number of benzene rings is 1. The minimum atomic E-state index is -1.29. The van der Waals surface area contributed by atoms with Gasteiger partial charge in [-0.2, -0.15) is 0 Å². The summed E-state index contributed by atoms with van der Waals surface area (Å²) in [5.41, 5.74) is 0. The summed E-state index contributed by atoms with van der Waals surface area (Å²) in [5, 5.41) is 18.6. The summed E-state index contributed by atoms with van der Waals surface area (Å²) in [6.45, 7) is 0.0596. The van der Waals surface area contributed by atoms with Crippen molar-refractivity contribution in [2.45, 2.75) is 11.0 Å². The van der Waals surface area contributed by atoms with Crippen LogP contribution in [0.1, 0.15) is 0 Å². The molecule has 0 aromatic heterocycles. The molecule has 2 atom stereocenters. The summed E-state index contributed by atoms with van der Waals surface area (Å²) in [6.07, 6.45) is 0.720. The molecule has 0 heterocycles. The third kappa shape index (κ3) is 3.66. The summed E-state index contributed by atoms with van der Waals surface area (Å²) in [5.74, 6) is 0.489. The van der Waals surface area contributed by atoms with E-state index in [4.69, 9.17) is 16.3 Å². The van der Waals surface area contributed by atoms with Gasteiger partial charge in [-0.1, -0.05) is 0 Å². The molecule has 0 aliphatic heterocycles. The zero-order chi connectivity index (χ0) is 12.1. The first kappa shape index (κ1) is 13.3. The van der Waals surface area contributed by atoms with E-state index in [-0.39, 0.29) is 18.2 Å². The van der Waals surface area contributed by atoms with Gasteiger partial charge in [0.05, 0.1) is 21.6 Å². The molecule has 0 radical (unpaired) electrons. The summed E-state index contributed by atoms with van der Waals surface area (Å²) >= 11 is 5.41. The van der Waals surface area contributed by atoms with Crippen LogP contribution >= 0.6 is 11.6 Å². The molecule has 1 aromatic carbocycles. The second kappa shape index (κ2) is 6.08. The van der Waals surface area contributed by atoms with Gasteiger partial charge in [0, 0.05) is 6.26 Å². The molecule has 0 fully saturated rings. The van der Waals surface area contributed by atoms with Crippen LogP contribution in [-0.4, -0.2) is 39.3 Å². The summed E-state index contributed by atoms with van der Waals surface area (Å²) in [4.78, 5) is 0.304. The molecule has 1 aromatic rings. The molecule has 0 saturated carbocycles. The van der Waals surface area contributed by atoms with Crippen molar-refractivity contribution in [3.05, 3.63) is 18.2 Å². The predicted octanol–water partition coefficient (Wildman–Crippen LogP) is 1.11. The quantitative estimate of drug-likeness (QED) is 0.782. The van der Waals surface area contributed by atoms with E-state index in [2.05, 4.69) is 0 Å². The molecule has 0 saturated heterocycles. The number of aliphatic hydroxyl groups is 1. The number of halogens is 1. The lowest BCUT2D eigenvalue weighted by molar-refractivity contribution is 0.125. The maximum absolute atomic E-state index is 11.2. The molecule has 0 bridgehead atoms. The Bertz CT molecular complexity index is 383. The van der Waals surface area contributed by atoms with Gasteiger partial charge >= 0.3 is 0 Å². The highest BCUT2D eigenvalue weighted by molar-refractivity contribution is 7.84. The van der Waals surface area contributed by atoms with Crippen molar-refractivity contribution >= 4 is 22.4 Å². The number of hydrogen-bond donors (Lipinski definition) is 2. The second-order valence-electron chi connectivity index (χ2n) is 3.20. The van der Waals surface area contributed by atoms with E-state index in [9.17, 15) is 14.4 Å². The molecule has 4 nitrogen and oxygen atoms in total. The number of ether oxygens (including phenoxy) is 1. The maximum Gasteiger partial charge on any atom is 0.131 e. The smallest absolute Gasteiger partial charge is 0.131 e. The fourth-order valence-corrected chi connectivity index (χ4v) is 1.79. The molecule has 2 unspecified atom stereocenters. The Labute approximate surface area is 101 Å². The van der Waals surface area contributed by atoms with Gasteiger partial charge in [-0.3, -0.25) is 4.21 Å². The highest BCUT2D eigenvalue weighted by atomic mass is 35.5. The lowest BCUT2D eigenvalue weighted by Crippen LogP contribution is -2.18. The van der Waals surface area contributed by atoms with Crippen LogP contribution < -0.4 is 4.74 Å². The number of alkyl halides is 1. The van der Waals surface area contributed by atoms with E-state index in [1.54, 1.807) is 0 Å². The summed E-state index contributed by atoms with van der Waals surface area (Å²) < 4.78 is 16.5. The number of phenolic OH excluding ortho intramolecular Hbond substituents is 1. The highest BCUT2D eigenvalue weighted by Crippen LogP contribution is 2.25. The Morgan fingerprint density at radius 3 is 2.81 bits per heavy atom. The van der Waals surface area contributed by atoms with E-state index < -0.39 is 16.9 Å². The van der Waals surface area contributed by atoms with E-state index >= 15 is 0 Å². The van der Waals surface area contributed by atoms with Crippen molar-refractivity contribution in [3.63, 3.8) is 0 Å². The van der Waals surface area contributed by atoms with Crippen LogP contribution in [0.3, 0.4) is 0 Å². The zero-order valence-corrected chi connectivity index (χ0v) is 10.3. The first-order valence-electron chi connectivity index (χ1n) is 4.58. The molecule has 0 aliphatic carbocycles. The molecular weight excluding hydrogens is 252 g/mol. The molecule has 0 aliphatic rings. The van der Waals surface area contributed by atoms with Crippen LogP contribution in [0.25, 0.3) is 0 Å². The van der Waals surface area contributed by atoms with Crippen LogP contribution in [0.4, 0.5) is 0 Å². The number of phenols is 1. The van der Waals surface area contributed by atoms with Gasteiger partial charge in [-0.05, 0) is 18.2 Å². The van der Waals surface area contributed by atoms with Crippen LogP contribution in [0, 0.1) is 0 Å². The number of rotatable bonds is 5. The van der Waals surface area contributed by atoms with Gasteiger partial charge in [-0.25, -0.2) is 0 Å². The first-order valence-corrected chi connectivity index (χ1v) is 6.67. The monoisotopic (exact) mass is 264 g/mol. The molecular formula is C10H13ClO4S. The molecule has 16 heavy (non-hydrogen) atoms. The topological polar surface area (TPSA) is 66.8 Å².